The molecule has 1 aliphatic rings. The summed E-state index contributed by atoms with van der Waals surface area (Å²) in [6, 6.07) is 8.41. The van der Waals surface area contributed by atoms with Crippen molar-refractivity contribution in [3.63, 3.8) is 0 Å². The Kier molecular flexibility index (Phi) is 3.31. The van der Waals surface area contributed by atoms with Crippen LogP contribution in [0.25, 0.3) is 11.0 Å². The van der Waals surface area contributed by atoms with E-state index in [-0.39, 0.29) is 0 Å². The summed E-state index contributed by atoms with van der Waals surface area (Å²) in [6.07, 6.45) is 2.64. The Morgan fingerprint density at radius 2 is 2.23 bits per heavy atom. The highest BCUT2D eigenvalue weighted by Gasteiger charge is 2.39. The fraction of sp³-hybridized carbons (Fsp3) is 0.267. The predicted octanol–water partition coefficient (Wildman–Crippen LogP) is 3.75. The van der Waals surface area contributed by atoms with Crippen LogP contribution in [0.3, 0.4) is 0 Å². The largest absolute Gasteiger partial charge is 0.366 e. The topological polar surface area (TPSA) is 55.6 Å². The number of aromatic nitrogens is 4. The number of nitrogens with zero attached hydrogens (tertiary/aromatic N) is 4. The summed E-state index contributed by atoms with van der Waals surface area (Å²) in [5.74, 6) is 1.29. The van der Waals surface area contributed by atoms with Crippen molar-refractivity contribution >= 4 is 44.4 Å². The van der Waals surface area contributed by atoms with E-state index in [1.807, 2.05) is 25.2 Å². The van der Waals surface area contributed by atoms with Crippen molar-refractivity contribution in [1.29, 1.82) is 0 Å². The van der Waals surface area contributed by atoms with E-state index in [0.29, 0.717) is 12.0 Å². The Hall–Kier alpha value is -1.66. The van der Waals surface area contributed by atoms with Gasteiger partial charge in [0.15, 0.2) is 5.65 Å². The average Bonchev–Trinajstić information content (AvgIpc) is 3.19. The molecule has 1 fully saturated rings. The normalized spacial score (nSPS) is 20.3. The van der Waals surface area contributed by atoms with Crippen LogP contribution in [0.15, 0.2) is 35.2 Å². The SMILES string of the molecule is Cn1nc(Br)c2c(NC3CC3c3cccc(Cl)c3)ncnc21. The summed E-state index contributed by atoms with van der Waals surface area (Å²) < 4.78 is 2.50. The Bertz CT molecular complexity index is 862. The van der Waals surface area contributed by atoms with Crippen molar-refractivity contribution in [1.82, 2.24) is 19.7 Å². The molecule has 0 aliphatic heterocycles. The van der Waals surface area contributed by atoms with Crippen molar-refractivity contribution in [2.75, 3.05) is 5.32 Å². The highest BCUT2D eigenvalue weighted by Crippen LogP contribution is 2.44. The predicted molar refractivity (Wildman–Crippen MR) is 90.2 cm³/mol. The quantitative estimate of drug-likeness (QED) is 0.754. The third kappa shape index (κ3) is 2.36. The van der Waals surface area contributed by atoms with Gasteiger partial charge in [0.25, 0.3) is 0 Å². The number of anilines is 1. The molecule has 3 aromatic rings. The molecule has 2 heterocycles. The maximum Gasteiger partial charge on any atom is 0.164 e. The van der Waals surface area contributed by atoms with E-state index in [1.54, 1.807) is 11.0 Å². The third-order valence-corrected chi connectivity index (χ3v) is 4.76. The Balaban J connectivity index is 1.61. The molecule has 22 heavy (non-hydrogen) atoms. The van der Waals surface area contributed by atoms with Crippen LogP contribution in [0.1, 0.15) is 17.9 Å². The van der Waals surface area contributed by atoms with Crippen LogP contribution < -0.4 is 5.32 Å². The van der Waals surface area contributed by atoms with E-state index >= 15 is 0 Å². The van der Waals surface area contributed by atoms with Crippen molar-refractivity contribution in [2.24, 2.45) is 7.05 Å². The second kappa shape index (κ2) is 5.21. The van der Waals surface area contributed by atoms with Gasteiger partial charge in [0.1, 0.15) is 16.7 Å². The number of hydrogen-bond acceptors (Lipinski definition) is 4. The van der Waals surface area contributed by atoms with Crippen molar-refractivity contribution in [2.45, 2.75) is 18.4 Å². The van der Waals surface area contributed by atoms with Crippen LogP contribution in [-0.2, 0) is 7.05 Å². The summed E-state index contributed by atoms with van der Waals surface area (Å²) in [5.41, 5.74) is 2.07. The number of rotatable bonds is 3. The van der Waals surface area contributed by atoms with Gasteiger partial charge in [-0.15, -0.1) is 0 Å². The van der Waals surface area contributed by atoms with Crippen molar-refractivity contribution in [3.8, 4) is 0 Å². The number of nitrogens with one attached hydrogen (secondary N) is 1. The third-order valence-electron chi connectivity index (χ3n) is 3.97. The van der Waals surface area contributed by atoms with Gasteiger partial charge >= 0.3 is 0 Å². The molecule has 1 saturated carbocycles. The Morgan fingerprint density at radius 1 is 1.36 bits per heavy atom. The molecule has 2 unspecified atom stereocenters. The zero-order valence-electron chi connectivity index (χ0n) is 11.8. The molecule has 2 atom stereocenters. The highest BCUT2D eigenvalue weighted by atomic mass is 79.9. The Labute approximate surface area is 140 Å². The van der Waals surface area contributed by atoms with E-state index in [2.05, 4.69) is 42.4 Å². The summed E-state index contributed by atoms with van der Waals surface area (Å²) in [7, 11) is 1.87. The molecule has 1 aliphatic carbocycles. The summed E-state index contributed by atoms with van der Waals surface area (Å²) in [6.45, 7) is 0. The first kappa shape index (κ1) is 14.0. The van der Waals surface area contributed by atoms with E-state index in [9.17, 15) is 0 Å². The summed E-state index contributed by atoms with van der Waals surface area (Å²) in [5, 5.41) is 9.54. The fourth-order valence-corrected chi connectivity index (χ4v) is 3.59. The molecule has 0 bridgehead atoms. The lowest BCUT2D eigenvalue weighted by molar-refractivity contribution is 0.777. The standard InChI is InChI=1S/C15H13BrClN5/c1-22-15-12(13(16)21-22)14(18-7-19-15)20-11-6-10(11)8-3-2-4-9(17)5-8/h2-5,7,10-11H,6H2,1H3,(H,18,19,20). The monoisotopic (exact) mass is 377 g/mol. The van der Waals surface area contributed by atoms with E-state index in [1.165, 1.54) is 5.56 Å². The first-order chi connectivity index (χ1) is 10.6. The average molecular weight is 379 g/mol. The number of halogens is 2. The number of fused-ring (bicyclic) bond motifs is 1. The van der Waals surface area contributed by atoms with Crippen molar-refractivity contribution in [3.05, 3.63) is 45.8 Å². The molecule has 0 radical (unpaired) electrons. The lowest BCUT2D eigenvalue weighted by Gasteiger charge is -2.06. The molecular weight excluding hydrogens is 366 g/mol. The fourth-order valence-electron chi connectivity index (χ4n) is 2.79. The van der Waals surface area contributed by atoms with Crippen LogP contribution in [-0.4, -0.2) is 25.8 Å². The number of aryl methyl sites for hydroxylation is 1. The smallest absolute Gasteiger partial charge is 0.164 e. The summed E-state index contributed by atoms with van der Waals surface area (Å²) >= 11 is 9.55. The molecule has 112 valence electrons. The minimum absolute atomic E-state index is 0.365. The van der Waals surface area contributed by atoms with Gasteiger partial charge in [-0.05, 0) is 40.0 Å². The van der Waals surface area contributed by atoms with Gasteiger partial charge in [0.2, 0.25) is 0 Å². The van der Waals surface area contributed by atoms with Crippen LogP contribution in [0, 0.1) is 0 Å². The van der Waals surface area contributed by atoms with E-state index in [4.69, 9.17) is 11.6 Å². The van der Waals surface area contributed by atoms with Gasteiger partial charge in [-0.25, -0.2) is 14.6 Å². The van der Waals surface area contributed by atoms with Gasteiger partial charge in [-0.2, -0.15) is 5.10 Å². The minimum atomic E-state index is 0.365. The van der Waals surface area contributed by atoms with Gasteiger partial charge in [-0.1, -0.05) is 23.7 Å². The first-order valence-electron chi connectivity index (χ1n) is 6.98. The van der Waals surface area contributed by atoms with Crippen LogP contribution in [0.4, 0.5) is 5.82 Å². The molecule has 0 amide bonds. The zero-order valence-corrected chi connectivity index (χ0v) is 14.1. The molecule has 7 heteroatoms. The molecule has 1 aromatic carbocycles. The van der Waals surface area contributed by atoms with Crippen LogP contribution in [0.5, 0.6) is 0 Å². The highest BCUT2D eigenvalue weighted by molar-refractivity contribution is 9.10. The number of hydrogen-bond donors (Lipinski definition) is 1. The zero-order chi connectivity index (χ0) is 15.3. The van der Waals surface area contributed by atoms with E-state index in [0.717, 1.165) is 32.9 Å². The molecule has 5 nitrogen and oxygen atoms in total. The van der Waals surface area contributed by atoms with Gasteiger partial charge in [0, 0.05) is 24.0 Å². The molecule has 0 saturated heterocycles. The molecule has 0 spiro atoms. The second-order valence-corrected chi connectivity index (χ2v) is 6.67. The summed E-state index contributed by atoms with van der Waals surface area (Å²) in [4.78, 5) is 8.66. The van der Waals surface area contributed by atoms with Crippen LogP contribution >= 0.6 is 27.5 Å². The van der Waals surface area contributed by atoms with Gasteiger partial charge < -0.3 is 5.32 Å². The lowest BCUT2D eigenvalue weighted by atomic mass is 10.1. The van der Waals surface area contributed by atoms with E-state index < -0.39 is 0 Å². The maximum absolute atomic E-state index is 6.07. The molecule has 4 rings (SSSR count). The van der Waals surface area contributed by atoms with Crippen molar-refractivity contribution < 1.29 is 0 Å². The molecular formula is C15H13BrClN5. The second-order valence-electron chi connectivity index (χ2n) is 5.48. The van der Waals surface area contributed by atoms with Crippen LogP contribution in [0.2, 0.25) is 5.02 Å². The molecule has 1 N–H and O–H groups in total. The Morgan fingerprint density at radius 3 is 3.05 bits per heavy atom. The molecule has 2 aromatic heterocycles. The lowest BCUT2D eigenvalue weighted by Crippen LogP contribution is -2.06. The minimum Gasteiger partial charge on any atom is -0.366 e. The van der Waals surface area contributed by atoms with Gasteiger partial charge in [-0.3, -0.25) is 0 Å². The maximum atomic E-state index is 6.07. The first-order valence-corrected chi connectivity index (χ1v) is 8.16. The number of benzene rings is 1. The van der Waals surface area contributed by atoms with Gasteiger partial charge in [0.05, 0.1) is 5.39 Å².